The lowest BCUT2D eigenvalue weighted by molar-refractivity contribution is -0.153. The number of benzene rings is 1. The molecule has 0 aliphatic heterocycles. The molecule has 1 rings (SSSR count). The van der Waals surface area contributed by atoms with Crippen LogP contribution in [0.15, 0.2) is 17.0 Å². The van der Waals surface area contributed by atoms with Crippen molar-refractivity contribution in [3.05, 3.63) is 27.2 Å². The summed E-state index contributed by atoms with van der Waals surface area (Å²) in [5.41, 5.74) is -0.705. The van der Waals surface area contributed by atoms with Crippen LogP contribution in [-0.4, -0.2) is 26.5 Å². The van der Waals surface area contributed by atoms with Gasteiger partial charge < -0.3 is 4.74 Å². The highest BCUT2D eigenvalue weighted by molar-refractivity contribution is 7.89. The van der Waals surface area contributed by atoms with Crippen molar-refractivity contribution in [1.29, 1.82) is 0 Å². The predicted molar refractivity (Wildman–Crippen MR) is 82.5 cm³/mol. The molecule has 0 unspecified atom stereocenters. The third-order valence-electron chi connectivity index (χ3n) is 2.09. The van der Waals surface area contributed by atoms with Gasteiger partial charge >= 0.3 is 5.97 Å². The highest BCUT2D eigenvalue weighted by Crippen LogP contribution is 2.31. The molecule has 0 heterocycles. The predicted octanol–water partition coefficient (Wildman–Crippen LogP) is 3.27. The summed E-state index contributed by atoms with van der Waals surface area (Å²) in [7, 11) is -4.01. The van der Waals surface area contributed by atoms with E-state index in [1.54, 1.807) is 20.8 Å². The third kappa shape index (κ3) is 5.64. The molecule has 0 aliphatic rings. The molecule has 0 atom stereocenters. The van der Waals surface area contributed by atoms with Gasteiger partial charge in [0.2, 0.25) is 10.0 Å². The minimum Gasteiger partial charge on any atom is -0.459 e. The van der Waals surface area contributed by atoms with Crippen LogP contribution in [0, 0.1) is 0 Å². The van der Waals surface area contributed by atoms with Gasteiger partial charge in [0.05, 0.1) is 15.1 Å². The van der Waals surface area contributed by atoms with Gasteiger partial charge in [-0.3, -0.25) is 4.79 Å². The first kappa shape index (κ1) is 18.5. The SMILES string of the molecule is CC(C)(C)OC(=O)CNS(=O)(=O)c1cc(Cl)c(Cl)cc1Cl. The second-order valence-electron chi connectivity index (χ2n) is 5.11. The number of sulfonamides is 1. The maximum atomic E-state index is 12.1. The summed E-state index contributed by atoms with van der Waals surface area (Å²) in [5, 5.41) is 0.0764. The van der Waals surface area contributed by atoms with Gasteiger partial charge in [0, 0.05) is 0 Å². The Hall–Kier alpha value is -0.530. The van der Waals surface area contributed by atoms with Crippen LogP contribution in [0.1, 0.15) is 20.8 Å². The Morgan fingerprint density at radius 1 is 1.14 bits per heavy atom. The van der Waals surface area contributed by atoms with Crippen LogP contribution in [0.2, 0.25) is 15.1 Å². The first-order chi connectivity index (χ1) is 9.42. The number of ether oxygens (including phenoxy) is 1. The number of halogens is 3. The Morgan fingerprint density at radius 2 is 1.67 bits per heavy atom. The highest BCUT2D eigenvalue weighted by Gasteiger charge is 2.23. The topological polar surface area (TPSA) is 72.5 Å². The quantitative estimate of drug-likeness (QED) is 0.648. The van der Waals surface area contributed by atoms with Gasteiger partial charge in [-0.1, -0.05) is 34.8 Å². The second-order valence-corrected chi connectivity index (χ2v) is 8.06. The molecule has 9 heteroatoms. The van der Waals surface area contributed by atoms with E-state index in [1.165, 1.54) is 6.07 Å². The maximum Gasteiger partial charge on any atom is 0.321 e. The van der Waals surface area contributed by atoms with Crippen molar-refractivity contribution in [3.63, 3.8) is 0 Å². The Morgan fingerprint density at radius 3 is 2.19 bits per heavy atom. The zero-order valence-corrected chi connectivity index (χ0v) is 14.6. The molecule has 0 bridgehead atoms. The summed E-state index contributed by atoms with van der Waals surface area (Å²) >= 11 is 17.3. The van der Waals surface area contributed by atoms with E-state index in [4.69, 9.17) is 39.5 Å². The summed E-state index contributed by atoms with van der Waals surface area (Å²) in [4.78, 5) is 11.3. The van der Waals surface area contributed by atoms with Crippen LogP contribution >= 0.6 is 34.8 Å². The van der Waals surface area contributed by atoms with E-state index in [9.17, 15) is 13.2 Å². The molecule has 21 heavy (non-hydrogen) atoms. The van der Waals surface area contributed by atoms with Gasteiger partial charge in [0.1, 0.15) is 17.0 Å². The van der Waals surface area contributed by atoms with Gasteiger partial charge in [-0.25, -0.2) is 8.42 Å². The fourth-order valence-corrected chi connectivity index (χ4v) is 3.29. The molecule has 0 aromatic heterocycles. The van der Waals surface area contributed by atoms with E-state index in [2.05, 4.69) is 4.72 Å². The van der Waals surface area contributed by atoms with Crippen molar-refractivity contribution in [2.75, 3.05) is 6.54 Å². The van der Waals surface area contributed by atoms with E-state index >= 15 is 0 Å². The largest absolute Gasteiger partial charge is 0.459 e. The molecule has 5 nitrogen and oxygen atoms in total. The van der Waals surface area contributed by atoms with E-state index in [0.717, 1.165) is 6.07 Å². The average Bonchev–Trinajstić information content (AvgIpc) is 2.29. The van der Waals surface area contributed by atoms with Crippen molar-refractivity contribution in [1.82, 2.24) is 4.72 Å². The smallest absolute Gasteiger partial charge is 0.321 e. The summed E-state index contributed by atoms with van der Waals surface area (Å²) in [5.74, 6) is -0.706. The Labute approximate surface area is 138 Å². The molecule has 0 aliphatic carbocycles. The number of hydrogen-bond acceptors (Lipinski definition) is 4. The number of carbonyl (C=O) groups excluding carboxylic acids is 1. The van der Waals surface area contributed by atoms with Gasteiger partial charge in [0.15, 0.2) is 0 Å². The van der Waals surface area contributed by atoms with Crippen LogP contribution in [0.4, 0.5) is 0 Å². The first-order valence-electron chi connectivity index (χ1n) is 5.78. The third-order valence-corrected chi connectivity index (χ3v) is 4.68. The van der Waals surface area contributed by atoms with E-state index < -0.39 is 28.1 Å². The highest BCUT2D eigenvalue weighted by atomic mass is 35.5. The van der Waals surface area contributed by atoms with Crippen molar-refractivity contribution in [2.45, 2.75) is 31.3 Å². The van der Waals surface area contributed by atoms with Crippen molar-refractivity contribution < 1.29 is 17.9 Å². The van der Waals surface area contributed by atoms with Gasteiger partial charge in [-0.05, 0) is 32.9 Å². The summed E-state index contributed by atoms with van der Waals surface area (Å²) in [6, 6.07) is 2.33. The Balaban J connectivity index is 2.88. The Bertz CT molecular complexity index is 653. The minimum atomic E-state index is -4.01. The molecule has 0 amide bonds. The lowest BCUT2D eigenvalue weighted by Crippen LogP contribution is -2.34. The van der Waals surface area contributed by atoms with Crippen LogP contribution in [-0.2, 0) is 19.6 Å². The number of hydrogen-bond donors (Lipinski definition) is 1. The number of nitrogens with one attached hydrogen (secondary N) is 1. The fourth-order valence-electron chi connectivity index (χ4n) is 1.32. The average molecular weight is 375 g/mol. The zero-order valence-electron chi connectivity index (χ0n) is 11.5. The minimum absolute atomic E-state index is 0.0405. The fraction of sp³-hybridized carbons (Fsp3) is 0.417. The zero-order chi connectivity index (χ0) is 16.4. The molecular weight excluding hydrogens is 361 g/mol. The molecular formula is C12H14Cl3NO4S. The van der Waals surface area contributed by atoms with Crippen molar-refractivity contribution >= 4 is 50.8 Å². The normalized spacial score (nSPS) is 12.3. The van der Waals surface area contributed by atoms with Crippen LogP contribution in [0.3, 0.4) is 0 Å². The van der Waals surface area contributed by atoms with E-state index in [-0.39, 0.29) is 20.0 Å². The summed E-state index contributed by atoms with van der Waals surface area (Å²) in [6.45, 7) is 4.51. The summed E-state index contributed by atoms with van der Waals surface area (Å²) in [6.07, 6.45) is 0. The lowest BCUT2D eigenvalue weighted by Gasteiger charge is -2.19. The van der Waals surface area contributed by atoms with Gasteiger partial charge in [-0.2, -0.15) is 4.72 Å². The number of esters is 1. The van der Waals surface area contributed by atoms with Gasteiger partial charge in [-0.15, -0.1) is 0 Å². The number of rotatable bonds is 4. The van der Waals surface area contributed by atoms with E-state index in [1.807, 2.05) is 0 Å². The van der Waals surface area contributed by atoms with E-state index in [0.29, 0.717) is 0 Å². The molecule has 0 spiro atoms. The monoisotopic (exact) mass is 373 g/mol. The van der Waals surface area contributed by atoms with Crippen LogP contribution in [0.5, 0.6) is 0 Å². The molecule has 1 N–H and O–H groups in total. The second kappa shape index (κ2) is 6.71. The molecule has 1 aromatic rings. The lowest BCUT2D eigenvalue weighted by atomic mass is 10.2. The standard InChI is InChI=1S/C12H14Cl3NO4S/c1-12(2,3)20-11(17)6-16-21(18,19)10-5-8(14)7(13)4-9(10)15/h4-5,16H,6H2,1-3H3. The molecule has 0 saturated carbocycles. The maximum absolute atomic E-state index is 12.1. The molecule has 0 saturated heterocycles. The van der Waals surface area contributed by atoms with Gasteiger partial charge in [0.25, 0.3) is 0 Å². The molecule has 1 aromatic carbocycles. The van der Waals surface area contributed by atoms with Crippen LogP contribution < -0.4 is 4.72 Å². The van der Waals surface area contributed by atoms with Crippen molar-refractivity contribution in [3.8, 4) is 0 Å². The number of carbonyl (C=O) groups is 1. The van der Waals surface area contributed by atoms with Crippen LogP contribution in [0.25, 0.3) is 0 Å². The summed E-state index contributed by atoms with van der Waals surface area (Å²) < 4.78 is 31.3. The first-order valence-corrected chi connectivity index (χ1v) is 8.40. The Kier molecular flexibility index (Phi) is 5.91. The van der Waals surface area contributed by atoms with Crippen molar-refractivity contribution in [2.24, 2.45) is 0 Å². The molecule has 118 valence electrons. The molecule has 0 fully saturated rings. The molecule has 0 radical (unpaired) electrons.